The lowest BCUT2D eigenvalue weighted by molar-refractivity contribution is -0.139. The molecule has 2 amide bonds. The van der Waals surface area contributed by atoms with Crippen molar-refractivity contribution in [3.8, 4) is 0 Å². The first-order valence-electron chi connectivity index (χ1n) is 6.69. The molecular weight excluding hydrogens is 318 g/mol. The fourth-order valence-corrected chi connectivity index (χ4v) is 2.34. The molecule has 9 heteroatoms. The highest BCUT2D eigenvalue weighted by Gasteiger charge is 2.34. The van der Waals surface area contributed by atoms with Crippen molar-refractivity contribution < 1.29 is 26.9 Å². The summed E-state index contributed by atoms with van der Waals surface area (Å²) in [6, 6.07) is 1.73. The molecule has 2 aromatic rings. The number of hydrogen-bond acceptors (Lipinski definition) is 3. The van der Waals surface area contributed by atoms with Crippen LogP contribution in [0.15, 0.2) is 28.9 Å². The van der Waals surface area contributed by atoms with Gasteiger partial charge in [-0.2, -0.15) is 13.2 Å². The number of rotatable bonds is 1. The van der Waals surface area contributed by atoms with E-state index in [1.165, 1.54) is 11.1 Å². The van der Waals surface area contributed by atoms with Crippen molar-refractivity contribution in [1.82, 2.24) is 10.1 Å². The first-order valence-corrected chi connectivity index (χ1v) is 6.69. The molecule has 0 saturated carbocycles. The van der Waals surface area contributed by atoms with E-state index in [0.29, 0.717) is 30.9 Å². The molecule has 23 heavy (non-hydrogen) atoms. The number of anilines is 1. The van der Waals surface area contributed by atoms with Crippen molar-refractivity contribution in [3.63, 3.8) is 0 Å². The Hall–Kier alpha value is -2.58. The SMILES string of the molecule is O=C(Nc1ccc(C(F)(F)F)c(F)c1)N1CCc2oncc2C1. The first kappa shape index (κ1) is 15.3. The Bertz CT molecular complexity index is 742. The fraction of sp³-hybridized carbons (Fsp3) is 0.286. The molecule has 0 unspecified atom stereocenters. The van der Waals surface area contributed by atoms with Crippen LogP contribution in [0.4, 0.5) is 28.0 Å². The van der Waals surface area contributed by atoms with Crippen molar-refractivity contribution in [2.45, 2.75) is 19.1 Å². The molecule has 3 rings (SSSR count). The number of fused-ring (bicyclic) bond motifs is 1. The second kappa shape index (κ2) is 5.56. The van der Waals surface area contributed by atoms with Crippen LogP contribution in [0.1, 0.15) is 16.9 Å². The molecule has 0 bridgehead atoms. The molecule has 1 aromatic carbocycles. The summed E-state index contributed by atoms with van der Waals surface area (Å²) in [5.41, 5.74) is -0.649. The van der Waals surface area contributed by atoms with E-state index < -0.39 is 23.6 Å². The zero-order valence-electron chi connectivity index (χ0n) is 11.7. The highest BCUT2D eigenvalue weighted by Crippen LogP contribution is 2.32. The summed E-state index contributed by atoms with van der Waals surface area (Å²) in [5.74, 6) is -0.732. The van der Waals surface area contributed by atoms with Gasteiger partial charge in [0.15, 0.2) is 0 Å². The molecule has 0 radical (unpaired) electrons. The topological polar surface area (TPSA) is 58.4 Å². The van der Waals surface area contributed by atoms with E-state index in [-0.39, 0.29) is 12.2 Å². The van der Waals surface area contributed by atoms with Crippen molar-refractivity contribution in [1.29, 1.82) is 0 Å². The third-order valence-electron chi connectivity index (χ3n) is 3.51. The molecule has 0 fully saturated rings. The minimum atomic E-state index is -4.77. The lowest BCUT2D eigenvalue weighted by Gasteiger charge is -2.25. The van der Waals surface area contributed by atoms with Gasteiger partial charge in [0.05, 0.1) is 18.3 Å². The van der Waals surface area contributed by atoms with E-state index in [9.17, 15) is 22.4 Å². The molecule has 122 valence electrons. The molecule has 5 nitrogen and oxygen atoms in total. The number of benzene rings is 1. The van der Waals surface area contributed by atoms with Gasteiger partial charge in [0.1, 0.15) is 11.6 Å². The third-order valence-corrected chi connectivity index (χ3v) is 3.51. The minimum absolute atomic E-state index is 0.0448. The van der Waals surface area contributed by atoms with Crippen molar-refractivity contribution in [2.24, 2.45) is 0 Å². The second-order valence-corrected chi connectivity index (χ2v) is 5.07. The molecule has 0 aliphatic carbocycles. The molecule has 0 atom stereocenters. The first-order chi connectivity index (χ1) is 10.8. The Kier molecular flexibility index (Phi) is 3.70. The second-order valence-electron chi connectivity index (χ2n) is 5.07. The molecule has 2 heterocycles. The Morgan fingerprint density at radius 1 is 1.35 bits per heavy atom. The van der Waals surface area contributed by atoms with Gasteiger partial charge in [-0.05, 0) is 18.2 Å². The van der Waals surface area contributed by atoms with Crippen molar-refractivity contribution in [2.75, 3.05) is 11.9 Å². The number of alkyl halides is 3. The minimum Gasteiger partial charge on any atom is -0.361 e. The zero-order valence-corrected chi connectivity index (χ0v) is 11.7. The van der Waals surface area contributed by atoms with Gasteiger partial charge in [-0.15, -0.1) is 0 Å². The van der Waals surface area contributed by atoms with Crippen LogP contribution in [0.5, 0.6) is 0 Å². The maximum Gasteiger partial charge on any atom is 0.419 e. The monoisotopic (exact) mass is 329 g/mol. The normalized spacial score (nSPS) is 14.5. The molecule has 1 aromatic heterocycles. The molecule has 1 aliphatic rings. The van der Waals surface area contributed by atoms with Gasteiger partial charge in [0.25, 0.3) is 0 Å². The van der Waals surface area contributed by atoms with Crippen molar-refractivity contribution in [3.05, 3.63) is 47.1 Å². The molecule has 0 saturated heterocycles. The van der Waals surface area contributed by atoms with Crippen LogP contribution < -0.4 is 5.32 Å². The molecular formula is C14H11F4N3O2. The van der Waals surface area contributed by atoms with Crippen LogP contribution in [-0.4, -0.2) is 22.6 Å². The van der Waals surface area contributed by atoms with Crippen LogP contribution in [0, 0.1) is 5.82 Å². The summed E-state index contributed by atoms with van der Waals surface area (Å²) in [6.45, 7) is 0.644. The average Bonchev–Trinajstić information content (AvgIpc) is 2.93. The van der Waals surface area contributed by atoms with Gasteiger partial charge < -0.3 is 14.7 Å². The number of hydrogen-bond donors (Lipinski definition) is 1. The summed E-state index contributed by atoms with van der Waals surface area (Å²) in [7, 11) is 0. The maximum atomic E-state index is 13.5. The Balaban J connectivity index is 1.70. The van der Waals surface area contributed by atoms with Gasteiger partial charge in [-0.3, -0.25) is 0 Å². The van der Waals surface area contributed by atoms with E-state index in [0.717, 1.165) is 11.6 Å². The number of aromatic nitrogens is 1. The van der Waals surface area contributed by atoms with Gasteiger partial charge >= 0.3 is 12.2 Å². The van der Waals surface area contributed by atoms with E-state index >= 15 is 0 Å². The van der Waals surface area contributed by atoms with Gasteiger partial charge in [-0.1, -0.05) is 5.16 Å². The average molecular weight is 329 g/mol. The maximum absolute atomic E-state index is 13.5. The Morgan fingerprint density at radius 2 is 2.13 bits per heavy atom. The summed E-state index contributed by atoms with van der Waals surface area (Å²) < 4.78 is 56.0. The van der Waals surface area contributed by atoms with E-state index in [1.54, 1.807) is 0 Å². The van der Waals surface area contributed by atoms with Gasteiger partial charge in [-0.25, -0.2) is 9.18 Å². The third kappa shape index (κ3) is 3.13. The molecule has 0 spiro atoms. The number of carbonyl (C=O) groups is 1. The number of carbonyl (C=O) groups excluding carboxylic acids is 1. The standard InChI is InChI=1S/C14H11F4N3O2/c15-11-5-9(1-2-10(11)14(16,17)18)20-13(22)21-4-3-12-8(7-21)6-19-23-12/h1-2,5-6H,3-4,7H2,(H,20,22). The molecule has 1 aliphatic heterocycles. The van der Waals surface area contributed by atoms with Crippen LogP contribution in [-0.2, 0) is 19.1 Å². The Labute approximate surface area is 127 Å². The summed E-state index contributed by atoms with van der Waals surface area (Å²) in [4.78, 5) is 13.6. The summed E-state index contributed by atoms with van der Waals surface area (Å²) in [6.07, 6.45) is -2.78. The summed E-state index contributed by atoms with van der Waals surface area (Å²) >= 11 is 0. The van der Waals surface area contributed by atoms with Crippen LogP contribution in [0.3, 0.4) is 0 Å². The van der Waals surface area contributed by atoms with Crippen LogP contribution in [0.2, 0.25) is 0 Å². The van der Waals surface area contributed by atoms with E-state index in [1.807, 2.05) is 0 Å². The van der Waals surface area contributed by atoms with Gasteiger partial charge in [0, 0.05) is 24.2 Å². The van der Waals surface area contributed by atoms with Crippen LogP contribution in [0.25, 0.3) is 0 Å². The number of amides is 2. The van der Waals surface area contributed by atoms with Crippen molar-refractivity contribution >= 4 is 11.7 Å². The lowest BCUT2D eigenvalue weighted by Crippen LogP contribution is -2.38. The van der Waals surface area contributed by atoms with E-state index in [4.69, 9.17) is 4.52 Å². The predicted molar refractivity (Wildman–Crippen MR) is 71.0 cm³/mol. The predicted octanol–water partition coefficient (Wildman–Crippen LogP) is 3.42. The lowest BCUT2D eigenvalue weighted by atomic mass is 10.1. The largest absolute Gasteiger partial charge is 0.419 e. The number of halogens is 4. The number of nitrogens with zero attached hydrogens (tertiary/aromatic N) is 2. The van der Waals surface area contributed by atoms with Gasteiger partial charge in [0.2, 0.25) is 0 Å². The quantitative estimate of drug-likeness (QED) is 0.816. The summed E-state index contributed by atoms with van der Waals surface area (Å²) in [5, 5.41) is 6.02. The van der Waals surface area contributed by atoms with E-state index in [2.05, 4.69) is 10.5 Å². The Morgan fingerprint density at radius 3 is 2.83 bits per heavy atom. The smallest absolute Gasteiger partial charge is 0.361 e. The number of nitrogens with one attached hydrogen (secondary N) is 1. The number of urea groups is 1. The zero-order chi connectivity index (χ0) is 16.6. The van der Waals surface area contributed by atoms with Crippen LogP contribution >= 0.6 is 0 Å². The highest BCUT2D eigenvalue weighted by molar-refractivity contribution is 5.89. The highest BCUT2D eigenvalue weighted by atomic mass is 19.4. The molecule has 1 N–H and O–H groups in total. The fourth-order valence-electron chi connectivity index (χ4n) is 2.34.